The van der Waals surface area contributed by atoms with E-state index in [1.807, 2.05) is 0 Å². The molecular weight excluding hydrogens is 368 g/mol. The quantitative estimate of drug-likeness (QED) is 0.602. The van der Waals surface area contributed by atoms with Crippen molar-refractivity contribution in [2.45, 2.75) is 48.0 Å². The predicted molar refractivity (Wildman–Crippen MR) is 113 cm³/mol. The van der Waals surface area contributed by atoms with Gasteiger partial charge >= 0.3 is 0 Å². The van der Waals surface area contributed by atoms with Gasteiger partial charge in [0, 0.05) is 5.97 Å². The minimum absolute atomic E-state index is 0.102. The normalized spacial score (nSPS) is 10.8. The van der Waals surface area contributed by atoms with Gasteiger partial charge in [-0.3, -0.25) is 0 Å². The second-order valence-electron chi connectivity index (χ2n) is 7.11. The van der Waals surface area contributed by atoms with Gasteiger partial charge < -0.3 is 14.6 Å². The summed E-state index contributed by atoms with van der Waals surface area (Å²) in [5.41, 5.74) is -0.179. The van der Waals surface area contributed by atoms with Crippen LogP contribution in [0.5, 0.6) is 5.75 Å². The molecule has 0 saturated heterocycles. The highest BCUT2D eigenvalue weighted by Gasteiger charge is 2.28. The number of hydrogen-bond donors (Lipinski definition) is 0. The van der Waals surface area contributed by atoms with Gasteiger partial charge in [-0.1, -0.05) is 36.4 Å². The lowest BCUT2D eigenvalue weighted by Crippen LogP contribution is -2.22. The maximum absolute atomic E-state index is 8.89. The summed E-state index contributed by atoms with van der Waals surface area (Å²) < 4.78 is 5.95. The third kappa shape index (κ3) is 7.12. The molecule has 3 nitrogen and oxygen atoms in total. The summed E-state index contributed by atoms with van der Waals surface area (Å²) >= 11 is 0. The number of hydrogen-bond acceptors (Lipinski definition) is 3. The van der Waals surface area contributed by atoms with E-state index in [9.17, 15) is 0 Å². The molecule has 28 heavy (non-hydrogen) atoms. The minimum atomic E-state index is -1.08. The fourth-order valence-electron chi connectivity index (χ4n) is 2.52. The van der Waals surface area contributed by atoms with Crippen molar-refractivity contribution in [3.63, 3.8) is 0 Å². The first kappa shape index (κ1) is 21.6. The van der Waals surface area contributed by atoms with Crippen molar-refractivity contribution in [3.8, 4) is 5.75 Å². The van der Waals surface area contributed by atoms with E-state index >= 15 is 0 Å². The zero-order valence-electron chi connectivity index (χ0n) is 16.7. The number of benzene rings is 3. The van der Waals surface area contributed by atoms with Crippen LogP contribution in [0.3, 0.4) is 0 Å². The van der Waals surface area contributed by atoms with Crippen LogP contribution in [-0.2, 0) is 15.7 Å². The first-order valence-electron chi connectivity index (χ1n) is 9.07. The Balaban J connectivity index is 0.000000640. The fraction of sp³-hybridized carbons (Fsp3) is 0.208. The Hall–Kier alpha value is -2.72. The fourth-order valence-corrected chi connectivity index (χ4v) is 4.60. The maximum atomic E-state index is 8.89. The summed E-state index contributed by atoms with van der Waals surface area (Å²) in [6, 6.07) is 29.9. The summed E-state index contributed by atoms with van der Waals surface area (Å²) in [4.78, 5) is 12.8. The first-order valence-corrected chi connectivity index (χ1v) is 10.3. The molecule has 0 bridgehead atoms. The van der Waals surface area contributed by atoms with E-state index < -0.39 is 5.97 Å². The Kier molecular flexibility index (Phi) is 7.70. The van der Waals surface area contributed by atoms with E-state index in [0.717, 1.165) is 12.7 Å². The Labute approximate surface area is 170 Å². The Bertz CT molecular complexity index is 810. The highest BCUT2D eigenvalue weighted by molar-refractivity contribution is 7.97. The van der Waals surface area contributed by atoms with E-state index in [4.69, 9.17) is 14.6 Å². The average Bonchev–Trinajstić information content (AvgIpc) is 2.64. The number of carbonyl (C=O) groups excluding carboxylic acids is 1. The van der Waals surface area contributed by atoms with Gasteiger partial charge in [-0.25, -0.2) is 0 Å². The van der Waals surface area contributed by atoms with Crippen molar-refractivity contribution < 1.29 is 14.6 Å². The van der Waals surface area contributed by atoms with Crippen LogP contribution >= 0.6 is 0 Å². The number of carbonyl (C=O) groups is 1. The molecule has 3 aromatic carbocycles. The van der Waals surface area contributed by atoms with Gasteiger partial charge in [0.1, 0.15) is 11.4 Å². The SMILES string of the molecule is CC(=O)[O-].CC(C)(C)Oc1ccc([S+](c2ccccc2)c2ccccc2)cc1. The first-order chi connectivity index (χ1) is 13.3. The molecule has 0 heterocycles. The van der Waals surface area contributed by atoms with Crippen molar-refractivity contribution in [1.82, 2.24) is 0 Å². The van der Waals surface area contributed by atoms with Crippen molar-refractivity contribution in [2.75, 3.05) is 0 Å². The van der Waals surface area contributed by atoms with Crippen LogP contribution in [0, 0.1) is 0 Å². The Morgan fingerprint density at radius 1 is 0.750 bits per heavy atom. The molecule has 4 heteroatoms. The lowest BCUT2D eigenvalue weighted by molar-refractivity contribution is -0.302. The Morgan fingerprint density at radius 3 is 1.46 bits per heavy atom. The third-order valence-corrected chi connectivity index (χ3v) is 5.67. The van der Waals surface area contributed by atoms with Crippen molar-refractivity contribution >= 4 is 16.9 Å². The number of rotatable bonds is 4. The van der Waals surface area contributed by atoms with Crippen LogP contribution in [0.15, 0.2) is 99.6 Å². The molecular formula is C24H26O3S. The maximum Gasteiger partial charge on any atom is 0.166 e. The van der Waals surface area contributed by atoms with E-state index in [1.54, 1.807) is 0 Å². The van der Waals surface area contributed by atoms with Gasteiger partial charge in [-0.2, -0.15) is 0 Å². The van der Waals surface area contributed by atoms with Crippen LogP contribution in [0.1, 0.15) is 27.7 Å². The highest BCUT2D eigenvalue weighted by Crippen LogP contribution is 2.32. The topological polar surface area (TPSA) is 49.4 Å². The van der Waals surface area contributed by atoms with Gasteiger partial charge in [0.25, 0.3) is 0 Å². The van der Waals surface area contributed by atoms with Crippen molar-refractivity contribution in [1.29, 1.82) is 0 Å². The van der Waals surface area contributed by atoms with Crippen LogP contribution < -0.4 is 9.84 Å². The molecule has 3 aromatic rings. The Morgan fingerprint density at radius 2 is 1.11 bits per heavy atom. The number of carboxylic acids is 1. The zero-order valence-corrected chi connectivity index (χ0v) is 17.5. The van der Waals surface area contributed by atoms with Crippen LogP contribution in [0.25, 0.3) is 0 Å². The second-order valence-corrected chi connectivity index (χ2v) is 9.14. The molecule has 0 N–H and O–H groups in total. The van der Waals surface area contributed by atoms with Crippen molar-refractivity contribution in [2.24, 2.45) is 0 Å². The van der Waals surface area contributed by atoms with Crippen LogP contribution in [-0.4, -0.2) is 11.6 Å². The van der Waals surface area contributed by atoms with Gasteiger partial charge in [-0.05, 0) is 76.2 Å². The lowest BCUT2D eigenvalue weighted by atomic mass is 10.2. The number of aliphatic carboxylic acids is 1. The lowest BCUT2D eigenvalue weighted by Gasteiger charge is -2.21. The molecule has 146 valence electrons. The smallest absolute Gasteiger partial charge is 0.166 e. The minimum Gasteiger partial charge on any atom is -0.550 e. The summed E-state index contributed by atoms with van der Waals surface area (Å²) in [6.07, 6.45) is 0. The summed E-state index contributed by atoms with van der Waals surface area (Å²) in [5, 5.41) is 8.89. The van der Waals surface area contributed by atoms with E-state index in [2.05, 4.69) is 106 Å². The largest absolute Gasteiger partial charge is 0.550 e. The predicted octanol–water partition coefficient (Wildman–Crippen LogP) is 4.72. The van der Waals surface area contributed by atoms with E-state index in [0.29, 0.717) is 0 Å². The van der Waals surface area contributed by atoms with E-state index in [1.165, 1.54) is 14.7 Å². The number of ether oxygens (including phenoxy) is 1. The zero-order chi connectivity index (χ0) is 20.6. The van der Waals surface area contributed by atoms with E-state index in [-0.39, 0.29) is 16.5 Å². The van der Waals surface area contributed by atoms with Gasteiger partial charge in [0.2, 0.25) is 0 Å². The van der Waals surface area contributed by atoms with Crippen molar-refractivity contribution in [3.05, 3.63) is 84.9 Å². The molecule has 0 saturated carbocycles. The molecule has 0 fully saturated rings. The van der Waals surface area contributed by atoms with Crippen LogP contribution in [0.2, 0.25) is 0 Å². The molecule has 0 unspecified atom stereocenters. The van der Waals surface area contributed by atoms with Gasteiger partial charge in [0.15, 0.2) is 14.7 Å². The van der Waals surface area contributed by atoms with Gasteiger partial charge in [0.05, 0.1) is 10.9 Å². The molecule has 0 amide bonds. The number of carboxylic acid groups (broad SMARTS) is 1. The highest BCUT2D eigenvalue weighted by atomic mass is 32.2. The molecule has 3 rings (SSSR count). The third-order valence-electron chi connectivity index (χ3n) is 3.44. The molecule has 0 aliphatic carbocycles. The van der Waals surface area contributed by atoms with Gasteiger partial charge in [-0.15, -0.1) is 0 Å². The monoisotopic (exact) mass is 394 g/mol. The summed E-state index contributed by atoms with van der Waals surface area (Å²) in [5.74, 6) is -0.170. The molecule has 0 aliphatic rings. The van der Waals surface area contributed by atoms with Crippen LogP contribution in [0.4, 0.5) is 0 Å². The molecule has 0 spiro atoms. The molecule has 0 radical (unpaired) electrons. The molecule has 0 aliphatic heterocycles. The summed E-state index contributed by atoms with van der Waals surface area (Å²) in [7, 11) is -0.102. The molecule has 0 aromatic heterocycles. The summed E-state index contributed by atoms with van der Waals surface area (Å²) in [6.45, 7) is 7.18. The molecule has 0 atom stereocenters. The second kappa shape index (κ2) is 10.00. The standard InChI is InChI=1S/C22H23OS.C2H4O2/c1-22(2,3)23-18-14-16-21(17-15-18)24(19-10-6-4-7-11-19)20-12-8-5-9-13-20;1-2(3)4/h4-17H,1-3H3;1H3,(H,3,4)/q+1;/p-1. The average molecular weight is 395 g/mol.